The molecular formula is C50H52N5O5P. The van der Waals surface area contributed by atoms with Gasteiger partial charge in [-0.15, -0.1) is 0 Å². The van der Waals surface area contributed by atoms with Gasteiger partial charge in [0.05, 0.1) is 21.7 Å². The molecule has 8 N–H and O–H groups in total. The van der Waals surface area contributed by atoms with Gasteiger partial charge in [0.25, 0.3) is 0 Å². The molecular weight excluding hydrogens is 782 g/mol. The van der Waals surface area contributed by atoms with Crippen LogP contribution in [0.15, 0.2) is 169 Å². The minimum Gasteiger partial charge on any atom is -0.508 e. The second-order valence-electron chi connectivity index (χ2n) is 16.7. The van der Waals surface area contributed by atoms with Crippen LogP contribution in [0.4, 0.5) is 0 Å². The van der Waals surface area contributed by atoms with Gasteiger partial charge in [-0.2, -0.15) is 0 Å². The number of nitrogens with two attached hydrogens (primary N) is 1. The van der Waals surface area contributed by atoms with Crippen LogP contribution in [-0.2, 0) is 30.7 Å². The van der Waals surface area contributed by atoms with Crippen LogP contribution in [0, 0.1) is 0 Å². The average Bonchev–Trinajstić information content (AvgIpc) is 4.06. The Morgan fingerprint density at radius 3 is 1.72 bits per heavy atom. The van der Waals surface area contributed by atoms with E-state index in [-0.39, 0.29) is 17.3 Å². The molecule has 61 heavy (non-hydrogen) atoms. The molecule has 312 valence electrons. The lowest BCUT2D eigenvalue weighted by atomic mass is 9.76. The number of nitrogens with one attached hydrogen (secondary N) is 4. The summed E-state index contributed by atoms with van der Waals surface area (Å²) < 4.78 is 25.2. The maximum absolute atomic E-state index is 13.6. The SMILES string of the molecule is C=C1/C=C\C=C(/C)OP(N)(=O)Oc2cccc(c2)[C@@]2(C)c3ccc([nH]3)[C@]1(C)c1ccc([nH]1)[C@@](C)(C(=C)/C=C(O)\C=C/C)c1ccc([nH]1)[C@@](C)(c1cccc(O)c1)c1ccc2[nH]1. The first-order valence-corrected chi connectivity index (χ1v) is 21.8. The Kier molecular flexibility index (Phi) is 10.0. The van der Waals surface area contributed by atoms with Crippen LogP contribution in [-0.4, -0.2) is 30.1 Å². The lowest BCUT2D eigenvalue weighted by Gasteiger charge is -2.34. The molecule has 0 spiro atoms. The van der Waals surface area contributed by atoms with E-state index in [1.54, 1.807) is 55.5 Å². The number of aliphatic hydroxyl groups excluding tert-OH is 1. The number of phenolic OH excluding ortho intramolecular Hbond substituents is 1. The van der Waals surface area contributed by atoms with Crippen molar-refractivity contribution in [2.75, 3.05) is 0 Å². The predicted molar refractivity (Wildman–Crippen MR) is 242 cm³/mol. The van der Waals surface area contributed by atoms with Crippen molar-refractivity contribution in [3.05, 3.63) is 226 Å². The van der Waals surface area contributed by atoms with E-state index in [0.29, 0.717) is 11.3 Å². The number of aliphatic hydroxyl groups is 1. The molecule has 10 nitrogen and oxygen atoms in total. The van der Waals surface area contributed by atoms with Crippen LogP contribution in [0.5, 0.6) is 11.5 Å². The van der Waals surface area contributed by atoms with Crippen LogP contribution < -0.4 is 10.0 Å². The number of allylic oxidation sites excluding steroid dienone is 9. The zero-order chi connectivity index (χ0) is 43.5. The van der Waals surface area contributed by atoms with Crippen LogP contribution in [0.25, 0.3) is 0 Å². The minimum atomic E-state index is -4.11. The number of hydrogen-bond donors (Lipinski definition) is 7. The van der Waals surface area contributed by atoms with Gasteiger partial charge in [0.2, 0.25) is 0 Å². The molecule has 6 heterocycles. The molecule has 0 amide bonds. The number of aromatic amines is 4. The molecule has 2 aliphatic heterocycles. The van der Waals surface area contributed by atoms with Crippen molar-refractivity contribution in [1.82, 2.24) is 19.9 Å². The van der Waals surface area contributed by atoms with Gasteiger partial charge in [-0.25, -0.2) is 10.1 Å². The highest BCUT2D eigenvalue weighted by Crippen LogP contribution is 2.49. The third kappa shape index (κ3) is 6.76. The molecule has 11 heteroatoms. The molecule has 0 fully saturated rings. The fourth-order valence-electron chi connectivity index (χ4n) is 8.89. The summed E-state index contributed by atoms with van der Waals surface area (Å²) in [7, 11) is -4.11. The fraction of sp³-hybridized carbons (Fsp3) is 0.200. The molecule has 1 unspecified atom stereocenters. The highest BCUT2D eigenvalue weighted by atomic mass is 31.2. The summed E-state index contributed by atoms with van der Waals surface area (Å²) in [5.41, 5.74) is 12.4. The lowest BCUT2D eigenvalue weighted by Crippen LogP contribution is -2.32. The topological polar surface area (TPSA) is 165 Å². The van der Waals surface area contributed by atoms with E-state index in [2.05, 4.69) is 109 Å². The summed E-state index contributed by atoms with van der Waals surface area (Å²) in [6.45, 7) is 21.1. The van der Waals surface area contributed by atoms with Gasteiger partial charge in [0.15, 0.2) is 0 Å². The highest BCUT2D eigenvalue weighted by molar-refractivity contribution is 7.51. The Morgan fingerprint density at radius 2 is 1.20 bits per heavy atom. The fourth-order valence-corrected chi connectivity index (χ4v) is 9.80. The third-order valence-corrected chi connectivity index (χ3v) is 14.0. The summed E-state index contributed by atoms with van der Waals surface area (Å²) >= 11 is 0. The maximum Gasteiger partial charge on any atom is 0.509 e. The van der Waals surface area contributed by atoms with Crippen LogP contribution >= 0.6 is 7.75 Å². The first kappa shape index (κ1) is 41.1. The average molecular weight is 834 g/mol. The summed E-state index contributed by atoms with van der Waals surface area (Å²) in [4.78, 5) is 15.4. The standard InChI is InChI=1S/C50H52N5O5P/c1-9-13-36(56)28-32(3)48(6)41-21-20-39(52-41)47(5)31(2)14-10-15-33(4)59-61(51,58)60-38-19-12-17-35(30-38)50(8,45-24-22-40(47)53-45)46-27-26-44(55-46)49(7,43-25-23-42(48)54-43)34-16-11-18-37(57)29-34/h9-30,52-57H,2-3H2,1,4-8H3,(H2,51,58)/b13-9-,14-10-,33-15+,36-28+/t47-,48+,49+,50-,61?/m0/s1. The molecule has 4 aromatic heterocycles. The van der Waals surface area contributed by atoms with E-state index in [0.717, 1.165) is 62.3 Å². The Hall–Kier alpha value is -6.61. The smallest absolute Gasteiger partial charge is 0.508 e. The number of rotatable bonds is 4. The van der Waals surface area contributed by atoms with E-state index in [4.69, 9.17) is 14.6 Å². The van der Waals surface area contributed by atoms with Gasteiger partial charge in [0.1, 0.15) is 23.0 Å². The number of fused-ring (bicyclic) bond motifs is 11. The molecule has 5 atom stereocenters. The van der Waals surface area contributed by atoms with Crippen LogP contribution in [0.2, 0.25) is 0 Å². The van der Waals surface area contributed by atoms with E-state index in [1.165, 1.54) is 0 Å². The minimum absolute atomic E-state index is 0.0725. The molecule has 2 aromatic carbocycles. The predicted octanol–water partition coefficient (Wildman–Crippen LogP) is 11.4. The Bertz CT molecular complexity index is 2880. The number of phenols is 1. The van der Waals surface area contributed by atoms with Crippen molar-refractivity contribution < 1.29 is 23.8 Å². The lowest BCUT2D eigenvalue weighted by molar-refractivity contribution is 0.332. The first-order chi connectivity index (χ1) is 28.9. The van der Waals surface area contributed by atoms with Gasteiger partial charge in [-0.05, 0) is 155 Å². The Labute approximate surface area is 356 Å². The number of H-pyrrole nitrogens is 4. The van der Waals surface area contributed by atoms with Crippen molar-refractivity contribution >= 4 is 7.75 Å². The molecule has 0 saturated heterocycles. The number of benzene rings is 2. The van der Waals surface area contributed by atoms with E-state index < -0.39 is 29.4 Å². The van der Waals surface area contributed by atoms with E-state index >= 15 is 0 Å². The van der Waals surface area contributed by atoms with Gasteiger partial charge in [0, 0.05) is 45.6 Å². The Morgan fingerprint density at radius 1 is 0.721 bits per heavy atom. The molecule has 8 rings (SSSR count). The van der Waals surface area contributed by atoms with Gasteiger partial charge in [-0.1, -0.05) is 55.7 Å². The second-order valence-corrected chi connectivity index (χ2v) is 18.1. The van der Waals surface area contributed by atoms with Crippen molar-refractivity contribution in [2.45, 2.75) is 63.2 Å². The number of aromatic nitrogens is 4. The molecule has 0 saturated carbocycles. The maximum atomic E-state index is 13.6. The molecule has 0 radical (unpaired) electrons. The molecule has 12 bridgehead atoms. The zero-order valence-corrected chi connectivity index (χ0v) is 36.2. The molecule has 2 aliphatic rings. The highest BCUT2D eigenvalue weighted by Gasteiger charge is 2.44. The van der Waals surface area contributed by atoms with Gasteiger partial charge >= 0.3 is 7.75 Å². The van der Waals surface area contributed by atoms with Crippen molar-refractivity contribution in [3.8, 4) is 11.5 Å². The zero-order valence-electron chi connectivity index (χ0n) is 35.3. The van der Waals surface area contributed by atoms with Gasteiger partial charge < -0.3 is 39.2 Å². The first-order valence-electron chi connectivity index (χ1n) is 20.2. The third-order valence-electron chi connectivity index (χ3n) is 13.0. The van der Waals surface area contributed by atoms with Crippen molar-refractivity contribution in [1.29, 1.82) is 0 Å². The summed E-state index contributed by atoms with van der Waals surface area (Å²) in [6, 6.07) is 31.3. The van der Waals surface area contributed by atoms with Gasteiger partial charge in [-0.3, -0.25) is 0 Å². The normalized spacial score (nSPS) is 28.0. The summed E-state index contributed by atoms with van der Waals surface area (Å²) in [5.74, 6) is 0.789. The summed E-state index contributed by atoms with van der Waals surface area (Å²) in [5, 5.41) is 21.9. The monoisotopic (exact) mass is 833 g/mol. The molecule has 0 aliphatic carbocycles. The van der Waals surface area contributed by atoms with Crippen LogP contribution in [0.1, 0.15) is 98.2 Å². The second kappa shape index (κ2) is 14.8. The quantitative estimate of drug-likeness (QED) is 0.0531. The Balaban J connectivity index is 1.48. The van der Waals surface area contributed by atoms with Crippen molar-refractivity contribution in [3.63, 3.8) is 0 Å². The molecule has 6 aromatic rings. The number of aromatic hydroxyl groups is 1. The van der Waals surface area contributed by atoms with Crippen molar-refractivity contribution in [2.24, 2.45) is 5.50 Å². The van der Waals surface area contributed by atoms with E-state index in [1.807, 2.05) is 43.3 Å². The van der Waals surface area contributed by atoms with E-state index in [9.17, 15) is 14.8 Å². The summed E-state index contributed by atoms with van der Waals surface area (Å²) in [6.07, 6.45) is 10.5. The van der Waals surface area contributed by atoms with Crippen LogP contribution in [0.3, 0.4) is 0 Å². The largest absolute Gasteiger partial charge is 0.509 e. The number of hydrogen-bond acceptors (Lipinski definition) is 5.